The number of phenols is 1. The SMILES string of the molecule is NCc1ccnc(-c2cc3c(O)cccc3[nH]2)c1. The van der Waals surface area contributed by atoms with E-state index in [0.717, 1.165) is 27.9 Å². The Morgan fingerprint density at radius 2 is 2.11 bits per heavy atom. The molecule has 4 nitrogen and oxygen atoms in total. The van der Waals surface area contributed by atoms with Gasteiger partial charge in [0.15, 0.2) is 0 Å². The highest BCUT2D eigenvalue weighted by atomic mass is 16.3. The molecule has 90 valence electrons. The number of aromatic hydroxyl groups is 1. The van der Waals surface area contributed by atoms with Crippen molar-refractivity contribution in [2.45, 2.75) is 6.54 Å². The summed E-state index contributed by atoms with van der Waals surface area (Å²) in [6.07, 6.45) is 1.74. The zero-order valence-corrected chi connectivity index (χ0v) is 9.72. The van der Waals surface area contributed by atoms with Crippen LogP contribution in [0.4, 0.5) is 0 Å². The molecule has 0 saturated carbocycles. The minimum Gasteiger partial charge on any atom is -0.507 e. The molecular formula is C14H13N3O. The third kappa shape index (κ3) is 1.72. The number of benzene rings is 1. The quantitative estimate of drug-likeness (QED) is 0.642. The highest BCUT2D eigenvalue weighted by molar-refractivity contribution is 5.90. The summed E-state index contributed by atoms with van der Waals surface area (Å²) in [5.74, 6) is 0.268. The molecule has 0 spiro atoms. The summed E-state index contributed by atoms with van der Waals surface area (Å²) >= 11 is 0. The van der Waals surface area contributed by atoms with Crippen molar-refractivity contribution in [3.05, 3.63) is 48.2 Å². The first kappa shape index (κ1) is 10.8. The Morgan fingerprint density at radius 3 is 2.89 bits per heavy atom. The summed E-state index contributed by atoms with van der Waals surface area (Å²) in [5.41, 5.74) is 9.25. The van der Waals surface area contributed by atoms with E-state index in [1.54, 1.807) is 12.3 Å². The second kappa shape index (κ2) is 4.16. The number of aromatic nitrogens is 2. The topological polar surface area (TPSA) is 74.9 Å². The first-order valence-corrected chi connectivity index (χ1v) is 5.74. The molecule has 0 saturated heterocycles. The first-order valence-electron chi connectivity index (χ1n) is 5.74. The van der Waals surface area contributed by atoms with Gasteiger partial charge in [0.25, 0.3) is 0 Å². The molecule has 0 atom stereocenters. The number of nitrogens with one attached hydrogen (secondary N) is 1. The highest BCUT2D eigenvalue weighted by Gasteiger charge is 2.07. The molecule has 0 amide bonds. The number of hydrogen-bond donors (Lipinski definition) is 3. The predicted octanol–water partition coefficient (Wildman–Crippen LogP) is 2.39. The van der Waals surface area contributed by atoms with Crippen LogP contribution in [0.25, 0.3) is 22.3 Å². The van der Waals surface area contributed by atoms with Crippen LogP contribution in [-0.4, -0.2) is 15.1 Å². The Balaban J connectivity index is 2.16. The molecule has 0 aliphatic rings. The number of H-pyrrole nitrogens is 1. The maximum atomic E-state index is 9.77. The second-order valence-corrected chi connectivity index (χ2v) is 4.17. The Bertz CT molecular complexity index is 703. The molecule has 2 aromatic heterocycles. The van der Waals surface area contributed by atoms with E-state index >= 15 is 0 Å². The Labute approximate surface area is 104 Å². The van der Waals surface area contributed by atoms with Crippen LogP contribution >= 0.6 is 0 Å². The summed E-state index contributed by atoms with van der Waals surface area (Å²) in [7, 11) is 0. The van der Waals surface area contributed by atoms with Crippen molar-refractivity contribution >= 4 is 10.9 Å². The van der Waals surface area contributed by atoms with E-state index in [-0.39, 0.29) is 5.75 Å². The van der Waals surface area contributed by atoms with Gasteiger partial charge in [-0.2, -0.15) is 0 Å². The van der Waals surface area contributed by atoms with Crippen LogP contribution in [0.5, 0.6) is 5.75 Å². The van der Waals surface area contributed by atoms with Gasteiger partial charge in [-0.3, -0.25) is 4.98 Å². The van der Waals surface area contributed by atoms with Crippen molar-refractivity contribution in [1.29, 1.82) is 0 Å². The maximum Gasteiger partial charge on any atom is 0.124 e. The number of aromatic amines is 1. The Hall–Kier alpha value is -2.33. The summed E-state index contributed by atoms with van der Waals surface area (Å²) in [4.78, 5) is 7.55. The largest absolute Gasteiger partial charge is 0.507 e. The number of hydrogen-bond acceptors (Lipinski definition) is 3. The lowest BCUT2D eigenvalue weighted by Gasteiger charge is -1.99. The van der Waals surface area contributed by atoms with Gasteiger partial charge >= 0.3 is 0 Å². The van der Waals surface area contributed by atoms with E-state index in [1.165, 1.54) is 0 Å². The van der Waals surface area contributed by atoms with Gasteiger partial charge < -0.3 is 15.8 Å². The van der Waals surface area contributed by atoms with Crippen LogP contribution in [0.1, 0.15) is 5.56 Å². The van der Waals surface area contributed by atoms with E-state index in [2.05, 4.69) is 9.97 Å². The lowest BCUT2D eigenvalue weighted by Crippen LogP contribution is -1.97. The Morgan fingerprint density at radius 1 is 1.22 bits per heavy atom. The lowest BCUT2D eigenvalue weighted by molar-refractivity contribution is 0.482. The summed E-state index contributed by atoms with van der Waals surface area (Å²) in [6, 6.07) is 11.1. The van der Waals surface area contributed by atoms with Gasteiger partial charge in [0, 0.05) is 23.6 Å². The van der Waals surface area contributed by atoms with Crippen molar-refractivity contribution in [3.8, 4) is 17.1 Å². The third-order valence-electron chi connectivity index (χ3n) is 2.98. The standard InChI is InChI=1S/C14H13N3O/c15-8-9-4-5-16-12(6-9)13-7-10-11(17-13)2-1-3-14(10)18/h1-7,17-18H,8,15H2. The molecule has 18 heavy (non-hydrogen) atoms. The monoisotopic (exact) mass is 239 g/mol. The zero-order valence-electron chi connectivity index (χ0n) is 9.72. The van der Waals surface area contributed by atoms with Gasteiger partial charge in [-0.25, -0.2) is 0 Å². The molecule has 3 aromatic rings. The number of pyridine rings is 1. The molecule has 1 aromatic carbocycles. The molecule has 2 heterocycles. The molecule has 4 heteroatoms. The zero-order chi connectivity index (χ0) is 12.5. The minimum absolute atomic E-state index is 0.268. The van der Waals surface area contributed by atoms with E-state index in [9.17, 15) is 5.11 Å². The fraction of sp³-hybridized carbons (Fsp3) is 0.0714. The molecule has 4 N–H and O–H groups in total. The van der Waals surface area contributed by atoms with Crippen molar-refractivity contribution in [2.24, 2.45) is 5.73 Å². The normalized spacial score (nSPS) is 10.9. The smallest absolute Gasteiger partial charge is 0.124 e. The number of rotatable bonds is 2. The van der Waals surface area contributed by atoms with Crippen LogP contribution in [-0.2, 0) is 6.54 Å². The average Bonchev–Trinajstić information content (AvgIpc) is 2.84. The van der Waals surface area contributed by atoms with Gasteiger partial charge in [-0.15, -0.1) is 0 Å². The van der Waals surface area contributed by atoms with E-state index < -0.39 is 0 Å². The van der Waals surface area contributed by atoms with Gasteiger partial charge in [0.1, 0.15) is 5.75 Å². The fourth-order valence-corrected chi connectivity index (χ4v) is 2.03. The molecule has 0 fully saturated rings. The van der Waals surface area contributed by atoms with Crippen LogP contribution in [0.15, 0.2) is 42.6 Å². The highest BCUT2D eigenvalue weighted by Crippen LogP contribution is 2.29. The fourth-order valence-electron chi connectivity index (χ4n) is 2.03. The number of phenolic OH excluding ortho intramolecular Hbond substituents is 1. The van der Waals surface area contributed by atoms with Gasteiger partial charge in [0.2, 0.25) is 0 Å². The summed E-state index contributed by atoms with van der Waals surface area (Å²) in [6.45, 7) is 0.487. The summed E-state index contributed by atoms with van der Waals surface area (Å²) in [5, 5.41) is 10.6. The molecule has 0 aliphatic heterocycles. The second-order valence-electron chi connectivity index (χ2n) is 4.17. The van der Waals surface area contributed by atoms with E-state index in [4.69, 9.17) is 5.73 Å². The van der Waals surface area contributed by atoms with Crippen molar-refractivity contribution in [1.82, 2.24) is 9.97 Å². The van der Waals surface area contributed by atoms with Gasteiger partial charge in [0.05, 0.1) is 11.4 Å². The van der Waals surface area contributed by atoms with Crippen molar-refractivity contribution in [3.63, 3.8) is 0 Å². The first-order chi connectivity index (χ1) is 8.78. The van der Waals surface area contributed by atoms with Crippen molar-refractivity contribution < 1.29 is 5.11 Å². The summed E-state index contributed by atoms with van der Waals surface area (Å²) < 4.78 is 0. The number of nitrogens with zero attached hydrogens (tertiary/aromatic N) is 1. The molecular weight excluding hydrogens is 226 g/mol. The van der Waals surface area contributed by atoms with E-state index in [0.29, 0.717) is 6.54 Å². The maximum absolute atomic E-state index is 9.77. The van der Waals surface area contributed by atoms with Crippen LogP contribution in [0.3, 0.4) is 0 Å². The van der Waals surface area contributed by atoms with Crippen molar-refractivity contribution in [2.75, 3.05) is 0 Å². The van der Waals surface area contributed by atoms with Crippen LogP contribution < -0.4 is 5.73 Å². The minimum atomic E-state index is 0.268. The number of nitrogens with two attached hydrogens (primary N) is 1. The Kier molecular flexibility index (Phi) is 2.50. The molecule has 0 radical (unpaired) electrons. The number of fused-ring (bicyclic) bond motifs is 1. The van der Waals surface area contributed by atoms with Gasteiger partial charge in [-0.05, 0) is 35.9 Å². The van der Waals surface area contributed by atoms with Crippen LogP contribution in [0.2, 0.25) is 0 Å². The molecule has 3 rings (SSSR count). The molecule has 0 aliphatic carbocycles. The predicted molar refractivity (Wildman–Crippen MR) is 71.1 cm³/mol. The third-order valence-corrected chi connectivity index (χ3v) is 2.98. The van der Waals surface area contributed by atoms with E-state index in [1.807, 2.05) is 30.3 Å². The molecule has 0 unspecified atom stereocenters. The lowest BCUT2D eigenvalue weighted by atomic mass is 10.2. The molecule has 0 bridgehead atoms. The van der Waals surface area contributed by atoms with Gasteiger partial charge in [-0.1, -0.05) is 6.07 Å². The average molecular weight is 239 g/mol. The van der Waals surface area contributed by atoms with Crippen LogP contribution in [0, 0.1) is 0 Å².